The van der Waals surface area contributed by atoms with Crippen molar-refractivity contribution in [1.82, 2.24) is 4.98 Å². The van der Waals surface area contributed by atoms with E-state index in [2.05, 4.69) is 4.98 Å². The van der Waals surface area contributed by atoms with E-state index < -0.39 is 0 Å². The van der Waals surface area contributed by atoms with Gasteiger partial charge in [0.2, 0.25) is 0 Å². The highest BCUT2D eigenvalue weighted by Crippen LogP contribution is 2.37. The summed E-state index contributed by atoms with van der Waals surface area (Å²) in [6.45, 7) is 0.477. The summed E-state index contributed by atoms with van der Waals surface area (Å²) in [5.41, 5.74) is 1.98. The molecule has 2 aromatic carbocycles. The molecule has 4 rings (SSSR count). The summed E-state index contributed by atoms with van der Waals surface area (Å²) in [5, 5.41) is 3.67. The van der Waals surface area contributed by atoms with Gasteiger partial charge in [0.15, 0.2) is 17.6 Å². The summed E-state index contributed by atoms with van der Waals surface area (Å²) in [6.07, 6.45) is -0.166. The Kier molecular flexibility index (Phi) is 3.48. The minimum Gasteiger partial charge on any atom is -0.485 e. The van der Waals surface area contributed by atoms with Crippen LogP contribution in [0.2, 0.25) is 5.02 Å². The monoisotopic (exact) mass is 329 g/mol. The lowest BCUT2D eigenvalue weighted by molar-refractivity contribution is 0.0911. The summed E-state index contributed by atoms with van der Waals surface area (Å²) in [5.74, 6) is 1.55. The van der Waals surface area contributed by atoms with Crippen molar-refractivity contribution in [2.45, 2.75) is 6.10 Å². The second kappa shape index (κ2) is 5.63. The lowest BCUT2D eigenvalue weighted by atomic mass is 10.2. The van der Waals surface area contributed by atoms with Crippen molar-refractivity contribution < 1.29 is 9.47 Å². The van der Waals surface area contributed by atoms with Crippen LogP contribution in [0.3, 0.4) is 0 Å². The molecule has 1 aliphatic heterocycles. The third-order valence-corrected chi connectivity index (χ3v) is 4.63. The zero-order chi connectivity index (χ0) is 14.9. The van der Waals surface area contributed by atoms with E-state index in [4.69, 9.17) is 21.1 Å². The third kappa shape index (κ3) is 2.56. The van der Waals surface area contributed by atoms with Gasteiger partial charge in [-0.15, -0.1) is 11.3 Å². The molecule has 0 amide bonds. The van der Waals surface area contributed by atoms with Crippen LogP contribution in [0, 0.1) is 0 Å². The topological polar surface area (TPSA) is 31.4 Å². The van der Waals surface area contributed by atoms with Gasteiger partial charge in [0, 0.05) is 16.0 Å². The van der Waals surface area contributed by atoms with Crippen molar-refractivity contribution in [3.05, 3.63) is 63.9 Å². The zero-order valence-electron chi connectivity index (χ0n) is 11.5. The lowest BCUT2D eigenvalue weighted by Gasteiger charge is -2.24. The van der Waals surface area contributed by atoms with Crippen molar-refractivity contribution >= 4 is 22.9 Å². The third-order valence-electron chi connectivity index (χ3n) is 3.45. The number of thiazole rings is 1. The maximum atomic E-state index is 5.99. The molecule has 0 radical (unpaired) electrons. The van der Waals surface area contributed by atoms with Crippen molar-refractivity contribution in [2.75, 3.05) is 6.61 Å². The summed E-state index contributed by atoms with van der Waals surface area (Å²) >= 11 is 7.50. The first-order valence-corrected chi connectivity index (χ1v) is 8.15. The number of rotatable bonds is 2. The first-order valence-electron chi connectivity index (χ1n) is 6.89. The van der Waals surface area contributed by atoms with Crippen LogP contribution in [0.15, 0.2) is 53.9 Å². The predicted octanol–water partition coefficient (Wildman–Crippen LogP) is 4.98. The number of benzene rings is 2. The van der Waals surface area contributed by atoms with Crippen molar-refractivity contribution in [2.24, 2.45) is 0 Å². The van der Waals surface area contributed by atoms with Gasteiger partial charge >= 0.3 is 0 Å². The van der Waals surface area contributed by atoms with E-state index in [0.717, 1.165) is 32.8 Å². The largest absolute Gasteiger partial charge is 0.485 e. The standard InChI is InChI=1S/C17H12ClNO2S/c18-12-7-5-11(6-8-12)13-10-22-17(19-13)16-9-20-14-3-1-2-4-15(14)21-16/h1-8,10,16H,9H2/t16-/m1/s1. The molecule has 1 aromatic heterocycles. The van der Waals surface area contributed by atoms with Crippen LogP contribution >= 0.6 is 22.9 Å². The molecular weight excluding hydrogens is 318 g/mol. The molecule has 22 heavy (non-hydrogen) atoms. The Labute approximate surface area is 137 Å². The van der Waals surface area contributed by atoms with Gasteiger partial charge in [-0.2, -0.15) is 0 Å². The number of aromatic nitrogens is 1. The highest BCUT2D eigenvalue weighted by atomic mass is 35.5. The van der Waals surface area contributed by atoms with Crippen LogP contribution in [-0.4, -0.2) is 11.6 Å². The Balaban J connectivity index is 1.59. The molecular formula is C17H12ClNO2S. The van der Waals surface area contributed by atoms with Gasteiger partial charge < -0.3 is 9.47 Å². The fraction of sp³-hybridized carbons (Fsp3) is 0.118. The van der Waals surface area contributed by atoms with Crippen LogP contribution < -0.4 is 9.47 Å². The van der Waals surface area contributed by atoms with E-state index in [1.807, 2.05) is 53.9 Å². The SMILES string of the molecule is Clc1ccc(-c2csc([C@H]3COc4ccccc4O3)n2)cc1. The number of ether oxygens (including phenoxy) is 2. The van der Waals surface area contributed by atoms with Gasteiger partial charge in [-0.05, 0) is 24.3 Å². The Morgan fingerprint density at radius 2 is 1.82 bits per heavy atom. The zero-order valence-corrected chi connectivity index (χ0v) is 13.1. The molecule has 110 valence electrons. The summed E-state index contributed by atoms with van der Waals surface area (Å²) < 4.78 is 11.7. The summed E-state index contributed by atoms with van der Waals surface area (Å²) in [4.78, 5) is 4.68. The smallest absolute Gasteiger partial charge is 0.184 e. The quantitative estimate of drug-likeness (QED) is 0.664. The Bertz CT molecular complexity index is 800. The van der Waals surface area contributed by atoms with Crippen LogP contribution in [-0.2, 0) is 0 Å². The Hall–Kier alpha value is -2.04. The van der Waals surface area contributed by atoms with Gasteiger partial charge in [0.25, 0.3) is 0 Å². The van der Waals surface area contributed by atoms with Crippen molar-refractivity contribution in [3.63, 3.8) is 0 Å². The second-order valence-electron chi connectivity index (χ2n) is 4.94. The fourth-order valence-corrected chi connectivity index (χ4v) is 3.30. The fourth-order valence-electron chi connectivity index (χ4n) is 2.33. The molecule has 0 bridgehead atoms. The van der Waals surface area contributed by atoms with Gasteiger partial charge in [0.05, 0.1) is 5.69 Å². The number of para-hydroxylation sites is 2. The minimum atomic E-state index is -0.166. The first-order chi connectivity index (χ1) is 10.8. The molecule has 3 nitrogen and oxygen atoms in total. The number of fused-ring (bicyclic) bond motifs is 1. The lowest BCUT2D eigenvalue weighted by Crippen LogP contribution is -2.21. The van der Waals surface area contributed by atoms with E-state index in [1.54, 1.807) is 11.3 Å². The molecule has 5 heteroatoms. The maximum Gasteiger partial charge on any atom is 0.184 e. The molecule has 1 atom stereocenters. The molecule has 2 heterocycles. The number of halogens is 1. The second-order valence-corrected chi connectivity index (χ2v) is 6.27. The van der Waals surface area contributed by atoms with Gasteiger partial charge in [-0.25, -0.2) is 4.98 Å². The van der Waals surface area contributed by atoms with E-state index in [1.165, 1.54) is 0 Å². The molecule has 1 aliphatic rings. The normalized spacial score (nSPS) is 16.5. The molecule has 3 aromatic rings. The number of hydrogen-bond donors (Lipinski definition) is 0. The highest BCUT2D eigenvalue weighted by Gasteiger charge is 2.25. The molecule has 0 aliphatic carbocycles. The predicted molar refractivity (Wildman–Crippen MR) is 87.9 cm³/mol. The first kappa shape index (κ1) is 13.6. The Morgan fingerprint density at radius 3 is 2.64 bits per heavy atom. The molecule has 0 N–H and O–H groups in total. The van der Waals surface area contributed by atoms with Crippen molar-refractivity contribution in [3.8, 4) is 22.8 Å². The van der Waals surface area contributed by atoms with Gasteiger partial charge in [0.1, 0.15) is 11.6 Å². The molecule has 0 fully saturated rings. The highest BCUT2D eigenvalue weighted by molar-refractivity contribution is 7.10. The minimum absolute atomic E-state index is 0.166. The van der Waals surface area contributed by atoms with E-state index in [-0.39, 0.29) is 6.10 Å². The van der Waals surface area contributed by atoms with E-state index >= 15 is 0 Å². The summed E-state index contributed by atoms with van der Waals surface area (Å²) in [6, 6.07) is 15.4. The summed E-state index contributed by atoms with van der Waals surface area (Å²) in [7, 11) is 0. The van der Waals surface area contributed by atoms with Gasteiger partial charge in [-0.3, -0.25) is 0 Å². The number of nitrogens with zero attached hydrogens (tertiary/aromatic N) is 1. The number of hydrogen-bond acceptors (Lipinski definition) is 4. The molecule has 0 unspecified atom stereocenters. The van der Waals surface area contributed by atoms with Crippen LogP contribution in [0.1, 0.15) is 11.1 Å². The molecule has 0 spiro atoms. The molecule has 0 saturated carbocycles. The molecule has 0 saturated heterocycles. The van der Waals surface area contributed by atoms with Crippen molar-refractivity contribution in [1.29, 1.82) is 0 Å². The maximum absolute atomic E-state index is 5.99. The average molecular weight is 330 g/mol. The van der Waals surface area contributed by atoms with E-state index in [9.17, 15) is 0 Å². The van der Waals surface area contributed by atoms with Gasteiger partial charge in [-0.1, -0.05) is 35.9 Å². The Morgan fingerprint density at radius 1 is 1.05 bits per heavy atom. The van der Waals surface area contributed by atoms with E-state index in [0.29, 0.717) is 6.61 Å². The average Bonchev–Trinajstić information content (AvgIpc) is 3.05. The van der Waals surface area contributed by atoms with Crippen LogP contribution in [0.5, 0.6) is 11.5 Å². The van der Waals surface area contributed by atoms with Crippen LogP contribution in [0.25, 0.3) is 11.3 Å². The van der Waals surface area contributed by atoms with Crippen LogP contribution in [0.4, 0.5) is 0 Å².